The molecule has 0 atom stereocenters. The fourth-order valence-corrected chi connectivity index (χ4v) is 2.57. The molecule has 1 rings (SSSR count). The van der Waals surface area contributed by atoms with Gasteiger partial charge in [-0.3, -0.25) is 4.79 Å². The molecular weight excluding hydrogens is 312 g/mol. The minimum absolute atomic E-state index is 0.343. The lowest BCUT2D eigenvalue weighted by molar-refractivity contribution is -0.137. The minimum Gasteiger partial charge on any atom is -0.508 e. The molecule has 1 aromatic carbocycles. The number of carboxylic acid groups (broad SMARTS) is 1. The molecule has 25 heavy (non-hydrogen) atoms. The van der Waals surface area contributed by atoms with Crippen molar-refractivity contribution in [2.75, 3.05) is 0 Å². The van der Waals surface area contributed by atoms with Crippen LogP contribution in [-0.4, -0.2) is 16.2 Å². The Hall–Kier alpha value is -1.51. The number of unbranched alkanes of at least 4 members (excludes halogenated alkanes) is 8. The number of carbonyl (C=O) groups is 1. The molecular formula is C22H38O3. The number of phenols is 1. The summed E-state index contributed by atoms with van der Waals surface area (Å²) in [7, 11) is 0. The zero-order valence-electron chi connectivity index (χ0n) is 16.7. The highest BCUT2D eigenvalue weighted by Gasteiger charge is 2.01. The van der Waals surface area contributed by atoms with E-state index in [0.717, 1.165) is 18.4 Å². The average molecular weight is 351 g/mol. The minimum atomic E-state index is -0.659. The van der Waals surface area contributed by atoms with Crippen LogP contribution in [0.1, 0.15) is 102 Å². The largest absolute Gasteiger partial charge is 0.508 e. The standard InChI is InChI=1S/C12H24O2.C10H14O/c1-2-3-4-5-6-7-8-9-10-11-12(13)14;1-7(2)9-5-4-8(3)10(11)6-9/h2-11H2,1H3,(H,13,14);4-7,11H,1-3H3. The molecule has 3 nitrogen and oxygen atoms in total. The molecule has 0 aliphatic heterocycles. The summed E-state index contributed by atoms with van der Waals surface area (Å²) in [5.74, 6) is 0.227. The Labute approximate surface area is 154 Å². The molecule has 0 heterocycles. The van der Waals surface area contributed by atoms with Crippen LogP contribution in [0.5, 0.6) is 5.75 Å². The highest BCUT2D eigenvalue weighted by atomic mass is 16.4. The fourth-order valence-electron chi connectivity index (χ4n) is 2.57. The number of phenolic OH excluding ortho intramolecular Hbond substituents is 1. The van der Waals surface area contributed by atoms with Crippen molar-refractivity contribution in [2.24, 2.45) is 0 Å². The highest BCUT2D eigenvalue weighted by molar-refractivity contribution is 5.66. The van der Waals surface area contributed by atoms with Crippen molar-refractivity contribution in [3.63, 3.8) is 0 Å². The predicted molar refractivity (Wildman–Crippen MR) is 106 cm³/mol. The summed E-state index contributed by atoms with van der Waals surface area (Å²) < 4.78 is 0. The molecule has 0 spiro atoms. The smallest absolute Gasteiger partial charge is 0.303 e. The van der Waals surface area contributed by atoms with Crippen molar-refractivity contribution in [3.8, 4) is 5.75 Å². The van der Waals surface area contributed by atoms with Crippen molar-refractivity contribution in [1.82, 2.24) is 0 Å². The van der Waals surface area contributed by atoms with E-state index in [1.807, 2.05) is 19.1 Å². The van der Waals surface area contributed by atoms with Crippen molar-refractivity contribution >= 4 is 5.97 Å². The molecule has 0 bridgehead atoms. The summed E-state index contributed by atoms with van der Waals surface area (Å²) in [5, 5.41) is 17.8. The Morgan fingerprint density at radius 2 is 1.48 bits per heavy atom. The van der Waals surface area contributed by atoms with Gasteiger partial charge in [-0.1, -0.05) is 84.3 Å². The van der Waals surface area contributed by atoms with Crippen LogP contribution >= 0.6 is 0 Å². The van der Waals surface area contributed by atoms with Crippen molar-refractivity contribution in [2.45, 2.75) is 97.8 Å². The van der Waals surface area contributed by atoms with Crippen molar-refractivity contribution in [3.05, 3.63) is 29.3 Å². The lowest BCUT2D eigenvalue weighted by Gasteiger charge is -2.06. The summed E-state index contributed by atoms with van der Waals surface area (Å²) in [4.78, 5) is 10.2. The molecule has 0 aliphatic rings. The first kappa shape index (κ1) is 23.5. The van der Waals surface area contributed by atoms with Crippen LogP contribution in [0.25, 0.3) is 0 Å². The van der Waals surface area contributed by atoms with Gasteiger partial charge in [-0.05, 0) is 36.5 Å². The Morgan fingerprint density at radius 1 is 0.960 bits per heavy atom. The quantitative estimate of drug-likeness (QED) is 0.431. The maximum absolute atomic E-state index is 10.2. The van der Waals surface area contributed by atoms with E-state index in [1.165, 1.54) is 50.5 Å². The molecule has 0 unspecified atom stereocenters. The van der Waals surface area contributed by atoms with Crippen molar-refractivity contribution in [1.29, 1.82) is 0 Å². The molecule has 144 valence electrons. The van der Waals surface area contributed by atoms with E-state index in [4.69, 9.17) is 5.11 Å². The topological polar surface area (TPSA) is 57.5 Å². The normalized spacial score (nSPS) is 10.4. The van der Waals surface area contributed by atoms with Gasteiger partial charge in [0.2, 0.25) is 0 Å². The third-order valence-electron chi connectivity index (χ3n) is 4.39. The summed E-state index contributed by atoms with van der Waals surface area (Å²) in [5.41, 5.74) is 2.13. The molecule has 0 fully saturated rings. The SMILES string of the molecule is CCCCCCCCCCCC(=O)O.Cc1ccc(C(C)C)cc1O. The number of rotatable bonds is 11. The van der Waals surface area contributed by atoms with Crippen LogP contribution in [0, 0.1) is 6.92 Å². The van der Waals surface area contributed by atoms with Gasteiger partial charge in [-0.2, -0.15) is 0 Å². The first-order chi connectivity index (χ1) is 11.9. The van der Waals surface area contributed by atoms with Gasteiger partial charge in [0.05, 0.1) is 0 Å². The zero-order chi connectivity index (χ0) is 19.1. The lowest BCUT2D eigenvalue weighted by atomic mass is 10.0. The van der Waals surface area contributed by atoms with E-state index in [2.05, 4.69) is 26.8 Å². The molecule has 0 saturated heterocycles. The van der Waals surface area contributed by atoms with Crippen LogP contribution in [0.3, 0.4) is 0 Å². The summed E-state index contributed by atoms with van der Waals surface area (Å²) in [6, 6.07) is 5.84. The highest BCUT2D eigenvalue weighted by Crippen LogP contribution is 2.22. The number of aliphatic carboxylic acids is 1. The molecule has 0 radical (unpaired) electrons. The number of carboxylic acids is 1. The number of aryl methyl sites for hydroxylation is 1. The Morgan fingerprint density at radius 3 is 1.92 bits per heavy atom. The van der Waals surface area contributed by atoms with E-state index in [1.54, 1.807) is 0 Å². The molecule has 0 aliphatic carbocycles. The van der Waals surface area contributed by atoms with E-state index in [0.29, 0.717) is 18.1 Å². The number of hydrogen-bond acceptors (Lipinski definition) is 2. The van der Waals surface area contributed by atoms with E-state index in [9.17, 15) is 9.90 Å². The van der Waals surface area contributed by atoms with E-state index < -0.39 is 5.97 Å². The third kappa shape index (κ3) is 13.5. The van der Waals surface area contributed by atoms with Gasteiger partial charge < -0.3 is 10.2 Å². The lowest BCUT2D eigenvalue weighted by Crippen LogP contribution is -1.93. The Bertz CT molecular complexity index is 466. The second-order valence-corrected chi connectivity index (χ2v) is 7.17. The first-order valence-electron chi connectivity index (χ1n) is 9.89. The summed E-state index contributed by atoms with van der Waals surface area (Å²) in [6.07, 6.45) is 11.5. The van der Waals surface area contributed by atoms with Crippen molar-refractivity contribution < 1.29 is 15.0 Å². The van der Waals surface area contributed by atoms with Crippen LogP contribution < -0.4 is 0 Å². The molecule has 3 heteroatoms. The monoisotopic (exact) mass is 350 g/mol. The molecule has 0 aromatic heterocycles. The Kier molecular flexibility index (Phi) is 13.9. The van der Waals surface area contributed by atoms with Gasteiger partial charge in [0.1, 0.15) is 5.75 Å². The molecule has 0 amide bonds. The zero-order valence-corrected chi connectivity index (χ0v) is 16.7. The van der Waals surface area contributed by atoms with Gasteiger partial charge in [0.15, 0.2) is 0 Å². The summed E-state index contributed by atoms with van der Waals surface area (Å²) in [6.45, 7) is 8.36. The van der Waals surface area contributed by atoms with Gasteiger partial charge in [-0.25, -0.2) is 0 Å². The maximum atomic E-state index is 10.2. The van der Waals surface area contributed by atoms with Gasteiger partial charge in [0, 0.05) is 6.42 Å². The van der Waals surface area contributed by atoms with E-state index >= 15 is 0 Å². The first-order valence-corrected chi connectivity index (χ1v) is 9.89. The van der Waals surface area contributed by atoms with Crippen LogP contribution in [0.15, 0.2) is 18.2 Å². The van der Waals surface area contributed by atoms with Gasteiger partial charge >= 0.3 is 5.97 Å². The maximum Gasteiger partial charge on any atom is 0.303 e. The second-order valence-electron chi connectivity index (χ2n) is 7.17. The molecule has 1 aromatic rings. The van der Waals surface area contributed by atoms with Crippen LogP contribution in [0.2, 0.25) is 0 Å². The Balaban J connectivity index is 0.000000472. The third-order valence-corrected chi connectivity index (χ3v) is 4.39. The van der Waals surface area contributed by atoms with Crippen LogP contribution in [0.4, 0.5) is 0 Å². The van der Waals surface area contributed by atoms with Crippen LogP contribution in [-0.2, 0) is 4.79 Å². The fraction of sp³-hybridized carbons (Fsp3) is 0.682. The summed E-state index contributed by atoms with van der Waals surface area (Å²) >= 11 is 0. The molecule has 0 saturated carbocycles. The second kappa shape index (κ2) is 14.8. The number of benzene rings is 1. The molecule has 2 N–H and O–H groups in total. The van der Waals surface area contributed by atoms with E-state index in [-0.39, 0.29) is 0 Å². The van der Waals surface area contributed by atoms with Gasteiger partial charge in [-0.15, -0.1) is 0 Å². The number of hydrogen-bond donors (Lipinski definition) is 2. The average Bonchev–Trinajstić information content (AvgIpc) is 2.56. The number of aromatic hydroxyl groups is 1. The van der Waals surface area contributed by atoms with Gasteiger partial charge in [0.25, 0.3) is 0 Å². The predicted octanol–water partition coefficient (Wildman–Crippen LogP) is 6.82.